The van der Waals surface area contributed by atoms with Gasteiger partial charge >= 0.3 is 5.97 Å². The fraction of sp³-hybridized carbons (Fsp3) is 0.467. The van der Waals surface area contributed by atoms with Gasteiger partial charge in [0.05, 0.1) is 11.3 Å². The molecule has 0 aliphatic carbocycles. The summed E-state index contributed by atoms with van der Waals surface area (Å²) >= 11 is 1.64. The number of thioether (sulfide) groups is 1. The maximum absolute atomic E-state index is 12.1. The summed E-state index contributed by atoms with van der Waals surface area (Å²) in [7, 11) is 0. The van der Waals surface area contributed by atoms with E-state index >= 15 is 0 Å². The SMILES string of the molecule is CC(C)SCC(=O)N1CCc2c(cccc2C(=O)O)C1. The highest BCUT2D eigenvalue weighted by atomic mass is 32.2. The third kappa shape index (κ3) is 3.33. The topological polar surface area (TPSA) is 57.6 Å². The first-order valence-corrected chi connectivity index (χ1v) is 7.77. The number of carboxylic acid groups (broad SMARTS) is 1. The van der Waals surface area contributed by atoms with Crippen molar-refractivity contribution in [1.82, 2.24) is 4.90 Å². The van der Waals surface area contributed by atoms with Gasteiger partial charge in [-0.3, -0.25) is 4.79 Å². The van der Waals surface area contributed by atoms with Crippen LogP contribution in [0.25, 0.3) is 0 Å². The summed E-state index contributed by atoms with van der Waals surface area (Å²) in [5.41, 5.74) is 2.20. The monoisotopic (exact) mass is 293 g/mol. The molecule has 5 heteroatoms. The molecule has 0 unspecified atom stereocenters. The smallest absolute Gasteiger partial charge is 0.335 e. The van der Waals surface area contributed by atoms with E-state index in [1.807, 2.05) is 11.0 Å². The fourth-order valence-corrected chi connectivity index (χ4v) is 3.01. The average Bonchev–Trinajstić information content (AvgIpc) is 2.43. The van der Waals surface area contributed by atoms with Crippen molar-refractivity contribution in [2.45, 2.75) is 32.1 Å². The van der Waals surface area contributed by atoms with Gasteiger partial charge in [-0.05, 0) is 28.9 Å². The van der Waals surface area contributed by atoms with Gasteiger partial charge in [0.15, 0.2) is 0 Å². The van der Waals surface area contributed by atoms with Crippen LogP contribution in [0, 0.1) is 0 Å². The van der Waals surface area contributed by atoms with Gasteiger partial charge in [0.1, 0.15) is 0 Å². The molecule has 20 heavy (non-hydrogen) atoms. The molecule has 1 N–H and O–H groups in total. The summed E-state index contributed by atoms with van der Waals surface area (Å²) in [6.07, 6.45) is 0.621. The van der Waals surface area contributed by atoms with Crippen molar-refractivity contribution in [3.05, 3.63) is 34.9 Å². The normalized spacial score (nSPS) is 14.2. The maximum atomic E-state index is 12.1. The van der Waals surface area contributed by atoms with E-state index in [2.05, 4.69) is 13.8 Å². The molecule has 0 saturated heterocycles. The Labute approximate surface area is 123 Å². The molecule has 2 rings (SSSR count). The van der Waals surface area contributed by atoms with Gasteiger partial charge < -0.3 is 10.0 Å². The molecule has 4 nitrogen and oxygen atoms in total. The fourth-order valence-electron chi connectivity index (χ4n) is 2.35. The highest BCUT2D eigenvalue weighted by Crippen LogP contribution is 2.23. The Hall–Kier alpha value is -1.49. The molecule has 0 spiro atoms. The molecule has 0 bridgehead atoms. The molecule has 108 valence electrons. The Morgan fingerprint density at radius 2 is 2.15 bits per heavy atom. The second kappa shape index (κ2) is 6.31. The lowest BCUT2D eigenvalue weighted by Crippen LogP contribution is -2.37. The van der Waals surface area contributed by atoms with Crippen molar-refractivity contribution in [3.63, 3.8) is 0 Å². The number of carbonyl (C=O) groups is 2. The van der Waals surface area contributed by atoms with Crippen LogP contribution in [-0.2, 0) is 17.8 Å². The summed E-state index contributed by atoms with van der Waals surface area (Å²) in [4.78, 5) is 25.1. The van der Waals surface area contributed by atoms with Crippen molar-refractivity contribution in [3.8, 4) is 0 Å². The van der Waals surface area contributed by atoms with Crippen LogP contribution in [0.1, 0.15) is 35.3 Å². The van der Waals surface area contributed by atoms with E-state index in [-0.39, 0.29) is 5.91 Å². The van der Waals surface area contributed by atoms with E-state index in [1.165, 1.54) is 0 Å². The lowest BCUT2D eigenvalue weighted by molar-refractivity contribution is -0.129. The lowest BCUT2D eigenvalue weighted by atomic mass is 9.94. The van der Waals surface area contributed by atoms with Crippen LogP contribution in [0.5, 0.6) is 0 Å². The number of carboxylic acids is 1. The number of amides is 1. The predicted octanol–water partition coefficient (Wildman–Crippen LogP) is 2.41. The first-order chi connectivity index (χ1) is 9.49. The minimum absolute atomic E-state index is 0.134. The van der Waals surface area contributed by atoms with E-state index in [0.717, 1.165) is 11.1 Å². The summed E-state index contributed by atoms with van der Waals surface area (Å²) < 4.78 is 0. The quantitative estimate of drug-likeness (QED) is 0.926. The molecule has 0 atom stereocenters. The van der Waals surface area contributed by atoms with E-state index in [9.17, 15) is 14.7 Å². The highest BCUT2D eigenvalue weighted by molar-refractivity contribution is 8.00. The average molecular weight is 293 g/mol. The van der Waals surface area contributed by atoms with Crippen molar-refractivity contribution in [1.29, 1.82) is 0 Å². The standard InChI is InChI=1S/C15H19NO3S/c1-10(2)20-9-14(17)16-7-6-12-11(8-16)4-3-5-13(12)15(18)19/h3-5,10H,6-9H2,1-2H3,(H,18,19). The summed E-state index contributed by atoms with van der Waals surface area (Å²) in [5, 5.41) is 9.62. The van der Waals surface area contributed by atoms with E-state index in [1.54, 1.807) is 23.9 Å². The maximum Gasteiger partial charge on any atom is 0.335 e. The van der Waals surface area contributed by atoms with Gasteiger partial charge in [-0.2, -0.15) is 0 Å². The van der Waals surface area contributed by atoms with Crippen molar-refractivity contribution < 1.29 is 14.7 Å². The summed E-state index contributed by atoms with van der Waals surface area (Å²) in [6, 6.07) is 5.29. The first kappa shape index (κ1) is 14.9. The number of carbonyl (C=O) groups excluding carboxylic acids is 1. The zero-order chi connectivity index (χ0) is 14.7. The van der Waals surface area contributed by atoms with Crippen LogP contribution >= 0.6 is 11.8 Å². The Morgan fingerprint density at radius 1 is 1.40 bits per heavy atom. The molecule has 1 aromatic rings. The van der Waals surface area contributed by atoms with Gasteiger partial charge in [-0.15, -0.1) is 11.8 Å². The predicted molar refractivity (Wildman–Crippen MR) is 80.1 cm³/mol. The van der Waals surface area contributed by atoms with Gasteiger partial charge in [0.2, 0.25) is 5.91 Å². The van der Waals surface area contributed by atoms with Gasteiger partial charge in [0.25, 0.3) is 0 Å². The molecule has 1 aliphatic heterocycles. The summed E-state index contributed by atoms with van der Waals surface area (Å²) in [5.74, 6) is -0.266. The minimum Gasteiger partial charge on any atom is -0.478 e. The van der Waals surface area contributed by atoms with Crippen LogP contribution in [0.3, 0.4) is 0 Å². The minimum atomic E-state index is -0.892. The first-order valence-electron chi connectivity index (χ1n) is 6.72. The molecular formula is C15H19NO3S. The lowest BCUT2D eigenvalue weighted by Gasteiger charge is -2.29. The molecule has 0 radical (unpaired) electrons. The third-order valence-electron chi connectivity index (χ3n) is 3.39. The molecule has 1 aliphatic rings. The molecule has 0 saturated carbocycles. The number of nitrogens with zero attached hydrogens (tertiary/aromatic N) is 1. The van der Waals surface area contributed by atoms with Gasteiger partial charge in [-0.25, -0.2) is 4.79 Å². The van der Waals surface area contributed by atoms with Gasteiger partial charge in [0, 0.05) is 13.1 Å². The number of fused-ring (bicyclic) bond motifs is 1. The Bertz CT molecular complexity index is 528. The van der Waals surface area contributed by atoms with Crippen LogP contribution in [0.2, 0.25) is 0 Å². The van der Waals surface area contributed by atoms with E-state index < -0.39 is 5.97 Å². The number of aromatic carboxylic acids is 1. The summed E-state index contributed by atoms with van der Waals surface area (Å²) in [6.45, 7) is 5.27. The van der Waals surface area contributed by atoms with Crippen LogP contribution in [0.15, 0.2) is 18.2 Å². The second-order valence-corrected chi connectivity index (χ2v) is 6.74. The highest BCUT2D eigenvalue weighted by Gasteiger charge is 2.24. The number of benzene rings is 1. The zero-order valence-electron chi connectivity index (χ0n) is 11.8. The van der Waals surface area contributed by atoms with Gasteiger partial charge in [-0.1, -0.05) is 26.0 Å². The van der Waals surface area contributed by atoms with Crippen LogP contribution in [-0.4, -0.2) is 39.4 Å². The number of rotatable bonds is 4. The molecule has 0 fully saturated rings. The molecule has 1 aromatic carbocycles. The zero-order valence-corrected chi connectivity index (χ0v) is 12.6. The van der Waals surface area contributed by atoms with Crippen molar-refractivity contribution in [2.75, 3.05) is 12.3 Å². The third-order valence-corrected chi connectivity index (χ3v) is 4.47. The molecule has 1 heterocycles. The Balaban J connectivity index is 2.10. The number of hydrogen-bond donors (Lipinski definition) is 1. The molecular weight excluding hydrogens is 274 g/mol. The largest absolute Gasteiger partial charge is 0.478 e. The van der Waals surface area contributed by atoms with Crippen LogP contribution < -0.4 is 0 Å². The van der Waals surface area contributed by atoms with Crippen molar-refractivity contribution >= 4 is 23.6 Å². The van der Waals surface area contributed by atoms with Crippen molar-refractivity contribution in [2.24, 2.45) is 0 Å². The van der Waals surface area contributed by atoms with E-state index in [4.69, 9.17) is 0 Å². The number of hydrogen-bond acceptors (Lipinski definition) is 3. The second-order valence-electron chi connectivity index (χ2n) is 5.17. The van der Waals surface area contributed by atoms with Crippen LogP contribution in [0.4, 0.5) is 0 Å². The Kier molecular flexibility index (Phi) is 4.70. The Morgan fingerprint density at radius 3 is 2.80 bits per heavy atom. The molecule has 1 amide bonds. The van der Waals surface area contributed by atoms with E-state index in [0.29, 0.717) is 36.1 Å². The molecule has 0 aromatic heterocycles.